The number of fused-ring (bicyclic) bond motifs is 3. The van der Waals surface area contributed by atoms with Crippen LogP contribution in [0.5, 0.6) is 0 Å². The zero-order valence-electron chi connectivity index (χ0n) is 17.8. The number of hydrogen-bond acceptors (Lipinski definition) is 7. The number of anilines is 2. The third kappa shape index (κ3) is 4.02. The van der Waals surface area contributed by atoms with E-state index in [1.165, 1.54) is 16.7 Å². The Morgan fingerprint density at radius 2 is 1.91 bits per heavy atom. The molecule has 0 saturated carbocycles. The number of nitrogens with one attached hydrogen (secondary N) is 3. The second-order valence-electron chi connectivity index (χ2n) is 7.63. The van der Waals surface area contributed by atoms with Gasteiger partial charge in [-0.15, -0.1) is 11.3 Å². The quantitative estimate of drug-likeness (QED) is 0.379. The van der Waals surface area contributed by atoms with Crippen molar-refractivity contribution >= 4 is 61.3 Å². The van der Waals surface area contributed by atoms with Gasteiger partial charge in [-0.3, -0.25) is 9.36 Å². The number of nitrogens with zero attached hydrogens (tertiary/aromatic N) is 2. The van der Waals surface area contributed by atoms with Crippen LogP contribution in [0, 0.1) is 6.92 Å². The summed E-state index contributed by atoms with van der Waals surface area (Å²) in [5, 5.41) is 6.30. The Balaban J connectivity index is 1.39. The van der Waals surface area contributed by atoms with Gasteiger partial charge in [0.15, 0.2) is 0 Å². The van der Waals surface area contributed by atoms with E-state index < -0.39 is 16.1 Å². The lowest BCUT2D eigenvalue weighted by atomic mass is 10.1. The molecule has 174 valence electrons. The summed E-state index contributed by atoms with van der Waals surface area (Å²) in [5.41, 5.74) is 3.51. The number of aromatic nitrogens is 2. The van der Waals surface area contributed by atoms with Crippen molar-refractivity contribution in [2.24, 2.45) is 0 Å². The first-order valence-corrected chi connectivity index (χ1v) is 12.9. The van der Waals surface area contributed by atoms with E-state index in [2.05, 4.69) is 10.6 Å². The van der Waals surface area contributed by atoms with E-state index in [1.54, 1.807) is 37.3 Å². The van der Waals surface area contributed by atoms with E-state index in [4.69, 9.17) is 16.6 Å². The van der Waals surface area contributed by atoms with E-state index in [-0.39, 0.29) is 9.77 Å². The highest BCUT2D eigenvalue weighted by molar-refractivity contribution is 7.92. The molecule has 0 bridgehead atoms. The summed E-state index contributed by atoms with van der Waals surface area (Å²) in [4.78, 5) is 30.2. The fourth-order valence-electron chi connectivity index (χ4n) is 3.93. The van der Waals surface area contributed by atoms with Crippen molar-refractivity contribution in [2.75, 3.05) is 17.2 Å². The van der Waals surface area contributed by atoms with Gasteiger partial charge in [-0.2, -0.15) is 0 Å². The average molecular weight is 516 g/mol. The lowest BCUT2D eigenvalue weighted by molar-refractivity contribution is 0.256. The minimum atomic E-state index is -4.03. The maximum Gasteiger partial charge on any atom is 0.333 e. The van der Waals surface area contributed by atoms with Crippen molar-refractivity contribution in [1.82, 2.24) is 14.3 Å². The summed E-state index contributed by atoms with van der Waals surface area (Å²) in [6.07, 6.45) is 0.820. The molecule has 0 atom stereocenters. The average Bonchev–Trinajstić information content (AvgIpc) is 3.44. The van der Waals surface area contributed by atoms with Crippen molar-refractivity contribution < 1.29 is 13.2 Å². The number of hydrogen-bond donors (Lipinski definition) is 3. The molecule has 2 aromatic carbocycles. The van der Waals surface area contributed by atoms with Crippen molar-refractivity contribution in [2.45, 2.75) is 17.6 Å². The predicted molar refractivity (Wildman–Crippen MR) is 133 cm³/mol. The summed E-state index contributed by atoms with van der Waals surface area (Å²) in [6.45, 7) is 2.59. The summed E-state index contributed by atoms with van der Waals surface area (Å²) in [5.74, 6) is 0.539. The fourth-order valence-corrected chi connectivity index (χ4v) is 6.32. The molecule has 0 unspecified atom stereocenters. The molecular formula is C22H18ClN5O4S2. The van der Waals surface area contributed by atoms with Gasteiger partial charge in [-0.25, -0.2) is 22.9 Å². The van der Waals surface area contributed by atoms with E-state index in [9.17, 15) is 18.0 Å². The van der Waals surface area contributed by atoms with Crippen LogP contribution in [0.25, 0.3) is 16.6 Å². The maximum absolute atomic E-state index is 13.3. The normalized spacial score (nSPS) is 12.9. The lowest BCUT2D eigenvalue weighted by Gasteiger charge is -2.13. The molecule has 34 heavy (non-hydrogen) atoms. The van der Waals surface area contributed by atoms with Crippen molar-refractivity contribution in [1.29, 1.82) is 0 Å². The first-order valence-electron chi connectivity index (χ1n) is 10.2. The van der Waals surface area contributed by atoms with Crippen LogP contribution in [-0.2, 0) is 16.4 Å². The lowest BCUT2D eigenvalue weighted by Crippen LogP contribution is -2.33. The van der Waals surface area contributed by atoms with Gasteiger partial charge in [-0.1, -0.05) is 11.6 Å². The minimum Gasteiger partial charge on any atom is -0.384 e. The first kappa shape index (κ1) is 22.4. The number of thiophene rings is 1. The van der Waals surface area contributed by atoms with Gasteiger partial charge in [-0.05, 0) is 61.9 Å². The van der Waals surface area contributed by atoms with E-state index in [0.29, 0.717) is 32.4 Å². The zero-order chi connectivity index (χ0) is 24.0. The number of rotatable bonds is 4. The van der Waals surface area contributed by atoms with Gasteiger partial charge in [0.05, 0.1) is 20.9 Å². The molecule has 0 radical (unpaired) electrons. The summed E-state index contributed by atoms with van der Waals surface area (Å²) in [7, 11) is -4.03. The number of sulfonamides is 1. The van der Waals surface area contributed by atoms with Crippen LogP contribution < -0.4 is 20.9 Å². The van der Waals surface area contributed by atoms with Gasteiger partial charge in [0.1, 0.15) is 10.0 Å². The Morgan fingerprint density at radius 1 is 1.15 bits per heavy atom. The van der Waals surface area contributed by atoms with Crippen molar-refractivity contribution in [3.63, 3.8) is 0 Å². The number of urea groups is 1. The number of benzene rings is 2. The van der Waals surface area contributed by atoms with Crippen LogP contribution in [0.4, 0.5) is 16.2 Å². The summed E-state index contributed by atoms with van der Waals surface area (Å²) < 4.78 is 28.2. The standard InChI is InChI=1S/C22H18ClN5O4S2/c1-12-25-20-15-10-11-24-17(15)7-6-16(20)21(29)28(12)14-4-2-13(3-5-14)26-22(30)27-34(31,32)19-9-8-18(23)33-19/h2-9,24H,10-11H2,1H3,(H2,26,27,30). The molecule has 1 aliphatic heterocycles. The summed E-state index contributed by atoms with van der Waals surface area (Å²) in [6, 6.07) is 12.0. The first-order chi connectivity index (χ1) is 16.2. The largest absolute Gasteiger partial charge is 0.384 e. The highest BCUT2D eigenvalue weighted by Gasteiger charge is 2.21. The molecule has 3 N–H and O–H groups in total. The molecule has 0 saturated heterocycles. The Morgan fingerprint density at radius 3 is 2.62 bits per heavy atom. The Hall–Kier alpha value is -3.41. The molecule has 0 aliphatic carbocycles. The van der Waals surface area contributed by atoms with Crippen LogP contribution in [0.2, 0.25) is 4.34 Å². The molecule has 12 heteroatoms. The number of carbonyl (C=O) groups excluding carboxylic acids is 1. The van der Waals surface area contributed by atoms with Crippen molar-refractivity contribution in [3.05, 3.63) is 74.6 Å². The van der Waals surface area contributed by atoms with E-state index >= 15 is 0 Å². The molecule has 9 nitrogen and oxygen atoms in total. The molecule has 2 aromatic heterocycles. The van der Waals surface area contributed by atoms with Crippen molar-refractivity contribution in [3.8, 4) is 5.69 Å². The van der Waals surface area contributed by atoms with Crippen LogP contribution in [0.15, 0.2) is 57.5 Å². The molecular weight excluding hydrogens is 498 g/mol. The van der Waals surface area contributed by atoms with E-state index in [0.717, 1.165) is 35.6 Å². The predicted octanol–water partition coefficient (Wildman–Crippen LogP) is 3.89. The molecule has 5 rings (SSSR count). The third-order valence-corrected chi connectivity index (χ3v) is 8.48. The van der Waals surface area contributed by atoms with Gasteiger partial charge in [0, 0.05) is 23.5 Å². The molecule has 4 aromatic rings. The van der Waals surface area contributed by atoms with Gasteiger partial charge < -0.3 is 10.6 Å². The second-order valence-corrected chi connectivity index (χ2v) is 11.3. The maximum atomic E-state index is 13.3. The molecule has 2 amide bonds. The molecule has 0 spiro atoms. The topological polar surface area (TPSA) is 122 Å². The number of aryl methyl sites for hydroxylation is 1. The SMILES string of the molecule is Cc1nc2c3c(ccc2c(=O)n1-c1ccc(NC(=O)NS(=O)(=O)c2ccc(Cl)s2)cc1)NCC3. The van der Waals surface area contributed by atoms with Crippen LogP contribution in [0.3, 0.4) is 0 Å². The van der Waals surface area contributed by atoms with E-state index in [1.807, 2.05) is 10.8 Å². The monoisotopic (exact) mass is 515 g/mol. The molecule has 1 aliphatic rings. The minimum absolute atomic E-state index is 0.0666. The number of halogens is 1. The van der Waals surface area contributed by atoms with Crippen LogP contribution >= 0.6 is 22.9 Å². The zero-order valence-corrected chi connectivity index (χ0v) is 20.1. The Kier molecular flexibility index (Phi) is 5.54. The fraction of sp³-hybridized carbons (Fsp3) is 0.136. The smallest absolute Gasteiger partial charge is 0.333 e. The second kappa shape index (κ2) is 8.42. The van der Waals surface area contributed by atoms with Gasteiger partial charge in [0.2, 0.25) is 0 Å². The highest BCUT2D eigenvalue weighted by atomic mass is 35.5. The highest BCUT2D eigenvalue weighted by Crippen LogP contribution is 2.28. The van der Waals surface area contributed by atoms with Gasteiger partial charge in [0.25, 0.3) is 15.6 Å². The van der Waals surface area contributed by atoms with Gasteiger partial charge >= 0.3 is 6.03 Å². The summed E-state index contributed by atoms with van der Waals surface area (Å²) >= 11 is 6.62. The molecule has 0 fully saturated rings. The molecule has 3 heterocycles. The van der Waals surface area contributed by atoms with Crippen LogP contribution in [-0.4, -0.2) is 30.5 Å². The Labute approximate surface area is 203 Å². The Bertz CT molecular complexity index is 1610. The third-order valence-electron chi connectivity index (χ3n) is 5.43. The number of amides is 2. The number of carbonyl (C=O) groups is 1. The van der Waals surface area contributed by atoms with Crippen LogP contribution in [0.1, 0.15) is 11.4 Å².